The zero-order chi connectivity index (χ0) is 23.3. The molecule has 1 aliphatic heterocycles. The quantitative estimate of drug-likeness (QED) is 0.594. The largest absolute Gasteiger partial charge is 0.477 e. The summed E-state index contributed by atoms with van der Waals surface area (Å²) in [6, 6.07) is 16.8. The summed E-state index contributed by atoms with van der Waals surface area (Å²) >= 11 is 0. The molecule has 0 radical (unpaired) electrons. The minimum atomic E-state index is -0.986. The number of nitrogens with one attached hydrogen (secondary N) is 1. The number of anilines is 1. The maximum absolute atomic E-state index is 13.8. The number of carbonyl (C=O) groups is 2. The van der Waals surface area contributed by atoms with Crippen LogP contribution >= 0.6 is 0 Å². The van der Waals surface area contributed by atoms with Crippen molar-refractivity contribution in [2.45, 2.75) is 53.2 Å². The van der Waals surface area contributed by atoms with Crippen LogP contribution in [-0.4, -0.2) is 23.2 Å². The van der Waals surface area contributed by atoms with Crippen LogP contribution in [0.1, 0.15) is 51.9 Å². The van der Waals surface area contributed by atoms with Crippen LogP contribution in [0, 0.1) is 10.8 Å². The molecule has 1 heterocycles. The van der Waals surface area contributed by atoms with E-state index in [0.29, 0.717) is 22.5 Å². The van der Waals surface area contributed by atoms with Gasteiger partial charge in [0.15, 0.2) is 11.9 Å². The highest BCUT2D eigenvalue weighted by Gasteiger charge is 2.51. The molecule has 0 fully saturated rings. The van der Waals surface area contributed by atoms with Crippen molar-refractivity contribution in [1.82, 2.24) is 0 Å². The van der Waals surface area contributed by atoms with Gasteiger partial charge in [-0.25, -0.2) is 0 Å². The van der Waals surface area contributed by atoms with Crippen molar-refractivity contribution >= 4 is 17.3 Å². The van der Waals surface area contributed by atoms with Gasteiger partial charge < -0.3 is 10.1 Å². The number of rotatable bonds is 2. The van der Waals surface area contributed by atoms with Crippen molar-refractivity contribution < 1.29 is 14.3 Å². The van der Waals surface area contributed by atoms with Crippen LogP contribution in [0.4, 0.5) is 5.69 Å². The van der Waals surface area contributed by atoms with Crippen LogP contribution in [0.3, 0.4) is 0 Å². The molecule has 1 spiro atoms. The molecule has 1 atom stereocenters. The Balaban J connectivity index is 1.97. The van der Waals surface area contributed by atoms with Gasteiger partial charge in [0.25, 0.3) is 0 Å². The van der Waals surface area contributed by atoms with E-state index < -0.39 is 22.5 Å². The Morgan fingerprint density at radius 3 is 1.94 bits per heavy atom. The van der Waals surface area contributed by atoms with Gasteiger partial charge in [0.05, 0.1) is 5.69 Å². The van der Waals surface area contributed by atoms with E-state index in [1.165, 1.54) is 0 Å². The lowest BCUT2D eigenvalue weighted by Crippen LogP contribution is -2.58. The van der Waals surface area contributed by atoms with Crippen LogP contribution in [-0.2, 0) is 4.79 Å². The molecule has 0 amide bonds. The Labute approximate surface area is 190 Å². The molecule has 0 saturated heterocycles. The lowest BCUT2D eigenvalue weighted by Gasteiger charge is -2.46. The SMILES string of the molecule is CC(C)(C)C1=CC2(C=C(C(C)(C)C)C1=O)Nc1ccccc1O[C@@H]2C(=O)c1ccccc1. The highest BCUT2D eigenvalue weighted by molar-refractivity contribution is 6.12. The average Bonchev–Trinajstić information content (AvgIpc) is 2.73. The molecule has 0 bridgehead atoms. The van der Waals surface area contributed by atoms with Crippen LogP contribution < -0.4 is 10.1 Å². The molecule has 32 heavy (non-hydrogen) atoms. The van der Waals surface area contributed by atoms with E-state index in [4.69, 9.17) is 4.74 Å². The number of Topliss-reactive ketones (excluding diaryl/α,β-unsaturated/α-hetero) is 2. The fourth-order valence-corrected chi connectivity index (χ4v) is 4.35. The smallest absolute Gasteiger partial charge is 0.206 e. The molecule has 2 aromatic rings. The fourth-order valence-electron chi connectivity index (χ4n) is 4.35. The summed E-state index contributed by atoms with van der Waals surface area (Å²) in [6.07, 6.45) is 2.99. The van der Waals surface area contributed by atoms with E-state index in [0.717, 1.165) is 5.69 Å². The Bertz CT molecular complexity index is 1090. The number of para-hydroxylation sites is 2. The van der Waals surface area contributed by atoms with E-state index in [2.05, 4.69) is 5.32 Å². The summed E-state index contributed by atoms with van der Waals surface area (Å²) in [5, 5.41) is 3.59. The monoisotopic (exact) mass is 429 g/mol. The van der Waals surface area contributed by atoms with Crippen molar-refractivity contribution in [3.05, 3.63) is 83.5 Å². The summed E-state index contributed by atoms with van der Waals surface area (Å²) in [5.41, 5.74) is 0.971. The molecule has 2 aliphatic rings. The third kappa shape index (κ3) is 3.79. The molecule has 0 saturated carbocycles. The molecule has 0 unspecified atom stereocenters. The van der Waals surface area contributed by atoms with Gasteiger partial charge in [0.2, 0.25) is 5.78 Å². The van der Waals surface area contributed by atoms with Gasteiger partial charge in [-0.15, -0.1) is 0 Å². The standard InChI is InChI=1S/C28H31NO3/c1-26(2,3)19-16-28(17-20(24(19)31)27(4,5)6)25(23(30)18-12-8-7-9-13-18)32-22-15-11-10-14-21(22)29-28/h7-17,25,29H,1-6H3/t25-/m1/s1. The summed E-state index contributed by atoms with van der Waals surface area (Å²) < 4.78 is 6.39. The van der Waals surface area contributed by atoms with Crippen molar-refractivity contribution in [2.24, 2.45) is 10.8 Å². The highest BCUT2D eigenvalue weighted by Crippen LogP contribution is 2.46. The van der Waals surface area contributed by atoms with Crippen molar-refractivity contribution in [2.75, 3.05) is 5.32 Å². The number of benzene rings is 2. The maximum atomic E-state index is 13.8. The second-order valence-electron chi connectivity index (χ2n) is 10.7. The molecule has 4 nitrogen and oxygen atoms in total. The number of hydrogen-bond donors (Lipinski definition) is 1. The van der Waals surface area contributed by atoms with Gasteiger partial charge in [-0.2, -0.15) is 0 Å². The number of fused-ring (bicyclic) bond motifs is 1. The predicted octanol–water partition coefficient (Wildman–Crippen LogP) is 6.01. The Kier molecular flexibility index (Phi) is 5.15. The Morgan fingerprint density at radius 1 is 0.844 bits per heavy atom. The Morgan fingerprint density at radius 2 is 1.38 bits per heavy atom. The van der Waals surface area contributed by atoms with E-state index in [1.54, 1.807) is 12.1 Å². The second-order valence-corrected chi connectivity index (χ2v) is 10.7. The molecular formula is C28H31NO3. The third-order valence-corrected chi connectivity index (χ3v) is 6.08. The summed E-state index contributed by atoms with van der Waals surface area (Å²) in [5.74, 6) is 0.527. The molecule has 4 heteroatoms. The van der Waals surface area contributed by atoms with Crippen molar-refractivity contribution in [1.29, 1.82) is 0 Å². The van der Waals surface area contributed by atoms with Crippen LogP contribution in [0.2, 0.25) is 0 Å². The van der Waals surface area contributed by atoms with Crippen molar-refractivity contribution in [3.63, 3.8) is 0 Å². The zero-order valence-corrected chi connectivity index (χ0v) is 19.7. The first-order valence-electron chi connectivity index (χ1n) is 11.1. The van der Waals surface area contributed by atoms with Gasteiger partial charge in [-0.05, 0) is 35.1 Å². The van der Waals surface area contributed by atoms with E-state index >= 15 is 0 Å². The van der Waals surface area contributed by atoms with E-state index in [-0.39, 0.29) is 11.6 Å². The molecule has 0 aromatic heterocycles. The first-order valence-corrected chi connectivity index (χ1v) is 11.1. The number of hydrogen-bond acceptors (Lipinski definition) is 4. The van der Waals surface area contributed by atoms with Gasteiger partial charge in [-0.3, -0.25) is 9.59 Å². The minimum Gasteiger partial charge on any atom is -0.477 e. The lowest BCUT2D eigenvalue weighted by atomic mass is 9.67. The van der Waals surface area contributed by atoms with Crippen LogP contribution in [0.5, 0.6) is 5.75 Å². The first kappa shape index (κ1) is 22.1. The summed E-state index contributed by atoms with van der Waals surface area (Å²) in [6.45, 7) is 12.2. The van der Waals surface area contributed by atoms with Gasteiger partial charge in [0, 0.05) is 16.7 Å². The van der Waals surface area contributed by atoms with Gasteiger partial charge in [-0.1, -0.05) is 84.0 Å². The number of ether oxygens (including phenoxy) is 1. The minimum absolute atomic E-state index is 0.0298. The Hall–Kier alpha value is -3.14. The van der Waals surface area contributed by atoms with E-state index in [9.17, 15) is 9.59 Å². The van der Waals surface area contributed by atoms with Crippen LogP contribution in [0.15, 0.2) is 77.9 Å². The molecule has 1 aliphatic carbocycles. The molecular weight excluding hydrogens is 398 g/mol. The lowest BCUT2D eigenvalue weighted by molar-refractivity contribution is -0.114. The summed E-state index contributed by atoms with van der Waals surface area (Å²) in [7, 11) is 0. The second kappa shape index (κ2) is 7.47. The van der Waals surface area contributed by atoms with Gasteiger partial charge in [0.1, 0.15) is 11.3 Å². The van der Waals surface area contributed by atoms with Crippen molar-refractivity contribution in [3.8, 4) is 5.75 Å². The fraction of sp³-hybridized carbons (Fsp3) is 0.357. The molecule has 2 aromatic carbocycles. The topological polar surface area (TPSA) is 55.4 Å². The predicted molar refractivity (Wildman–Crippen MR) is 128 cm³/mol. The van der Waals surface area contributed by atoms with Crippen LogP contribution in [0.25, 0.3) is 0 Å². The summed E-state index contributed by atoms with van der Waals surface area (Å²) in [4.78, 5) is 27.3. The first-order chi connectivity index (χ1) is 14.9. The van der Waals surface area contributed by atoms with E-state index in [1.807, 2.05) is 96.2 Å². The average molecular weight is 430 g/mol. The third-order valence-electron chi connectivity index (χ3n) is 6.08. The molecule has 4 rings (SSSR count). The zero-order valence-electron chi connectivity index (χ0n) is 19.7. The number of ketones is 2. The number of allylic oxidation sites excluding steroid dienone is 2. The molecule has 166 valence electrons. The number of carbonyl (C=O) groups excluding carboxylic acids is 2. The maximum Gasteiger partial charge on any atom is 0.206 e. The molecule has 1 N–H and O–H groups in total. The highest BCUT2D eigenvalue weighted by atomic mass is 16.5. The van der Waals surface area contributed by atoms with Gasteiger partial charge >= 0.3 is 0 Å². The normalized spacial score (nSPS) is 19.9.